The van der Waals surface area contributed by atoms with Gasteiger partial charge in [0.05, 0.1) is 12.2 Å². The minimum absolute atomic E-state index is 0.0591. The minimum Gasteiger partial charge on any atom is -0.389 e. The molecule has 0 amide bonds. The van der Waals surface area contributed by atoms with Crippen molar-refractivity contribution in [2.24, 2.45) is 5.73 Å². The highest BCUT2D eigenvalue weighted by atomic mass is 32.2. The molecule has 1 aliphatic heterocycles. The molecular formula is C8H19N3O4S. The van der Waals surface area contributed by atoms with Crippen molar-refractivity contribution in [3.8, 4) is 0 Å². The number of nitrogens with two attached hydrogens (primary N) is 1. The van der Waals surface area contributed by atoms with Gasteiger partial charge in [-0.05, 0) is 13.0 Å². The van der Waals surface area contributed by atoms with Gasteiger partial charge in [0.15, 0.2) is 0 Å². The summed E-state index contributed by atoms with van der Waals surface area (Å²) in [5, 5.41) is 18.6. The van der Waals surface area contributed by atoms with Gasteiger partial charge < -0.3 is 15.9 Å². The van der Waals surface area contributed by atoms with Gasteiger partial charge in [0.1, 0.15) is 0 Å². The zero-order chi connectivity index (χ0) is 12.3. The molecule has 16 heavy (non-hydrogen) atoms. The maximum atomic E-state index is 11.9. The third kappa shape index (κ3) is 2.90. The van der Waals surface area contributed by atoms with E-state index in [1.807, 2.05) is 0 Å². The number of nitrogens with zero attached hydrogens (tertiary/aromatic N) is 2. The maximum Gasteiger partial charge on any atom is 0.281 e. The summed E-state index contributed by atoms with van der Waals surface area (Å²) >= 11 is 0. The zero-order valence-corrected chi connectivity index (χ0v) is 10.1. The normalized spacial score (nSPS) is 27.8. The number of aliphatic hydroxyl groups is 2. The van der Waals surface area contributed by atoms with Crippen LogP contribution in [0.5, 0.6) is 0 Å². The molecule has 1 aliphatic rings. The molecule has 0 saturated carbocycles. The molecule has 0 aromatic rings. The van der Waals surface area contributed by atoms with Gasteiger partial charge in [-0.15, -0.1) is 0 Å². The van der Waals surface area contributed by atoms with Gasteiger partial charge in [-0.3, -0.25) is 0 Å². The van der Waals surface area contributed by atoms with Crippen molar-refractivity contribution in [3.63, 3.8) is 0 Å². The molecule has 0 aliphatic carbocycles. The lowest BCUT2D eigenvalue weighted by Crippen LogP contribution is -2.42. The number of rotatable bonds is 5. The number of β-amino-alcohol motifs (C(OH)–C–C–N with tert-alkyl or cyclic N) is 2. The van der Waals surface area contributed by atoms with E-state index in [1.165, 1.54) is 11.4 Å². The maximum absolute atomic E-state index is 11.9. The highest BCUT2D eigenvalue weighted by Gasteiger charge is 2.38. The van der Waals surface area contributed by atoms with E-state index in [9.17, 15) is 18.6 Å². The van der Waals surface area contributed by atoms with E-state index in [0.29, 0.717) is 19.5 Å². The van der Waals surface area contributed by atoms with Crippen LogP contribution in [-0.4, -0.2) is 72.7 Å². The van der Waals surface area contributed by atoms with E-state index < -0.39 is 22.4 Å². The van der Waals surface area contributed by atoms with Gasteiger partial charge in [-0.2, -0.15) is 17.0 Å². The molecule has 1 heterocycles. The molecule has 2 atom stereocenters. The molecule has 1 saturated heterocycles. The monoisotopic (exact) mass is 253 g/mol. The standard InChI is InChI=1S/C8H19N3O4S/c1-10(4-2-3-9)16(14,15)11-5-7(12)8(13)6-11/h7-8,12-13H,2-6,9H2,1H3. The quantitative estimate of drug-likeness (QED) is 0.504. The van der Waals surface area contributed by atoms with Crippen molar-refractivity contribution >= 4 is 10.2 Å². The molecular weight excluding hydrogens is 234 g/mol. The average molecular weight is 253 g/mol. The summed E-state index contributed by atoms with van der Waals surface area (Å²) in [6, 6.07) is 0. The summed E-state index contributed by atoms with van der Waals surface area (Å²) in [4.78, 5) is 0. The van der Waals surface area contributed by atoms with Crippen LogP contribution in [0.2, 0.25) is 0 Å². The molecule has 8 heteroatoms. The third-order valence-corrected chi connectivity index (χ3v) is 4.54. The zero-order valence-electron chi connectivity index (χ0n) is 9.28. The average Bonchev–Trinajstić information content (AvgIpc) is 2.56. The predicted molar refractivity (Wildman–Crippen MR) is 58.8 cm³/mol. The second kappa shape index (κ2) is 5.39. The highest BCUT2D eigenvalue weighted by Crippen LogP contribution is 2.16. The molecule has 7 nitrogen and oxygen atoms in total. The Morgan fingerprint density at radius 2 is 1.88 bits per heavy atom. The molecule has 0 aromatic heterocycles. The van der Waals surface area contributed by atoms with Gasteiger partial charge in [-0.1, -0.05) is 0 Å². The third-order valence-electron chi connectivity index (χ3n) is 2.62. The van der Waals surface area contributed by atoms with Crippen LogP contribution in [0.3, 0.4) is 0 Å². The Bertz CT molecular complexity index is 311. The Kier molecular flexibility index (Phi) is 4.65. The van der Waals surface area contributed by atoms with Gasteiger partial charge >= 0.3 is 0 Å². The Morgan fingerprint density at radius 3 is 2.31 bits per heavy atom. The lowest BCUT2D eigenvalue weighted by molar-refractivity contribution is 0.0572. The number of hydrogen-bond acceptors (Lipinski definition) is 5. The molecule has 1 fully saturated rings. The van der Waals surface area contributed by atoms with Crippen molar-refractivity contribution in [2.75, 3.05) is 33.2 Å². The fourth-order valence-electron chi connectivity index (χ4n) is 1.55. The number of aliphatic hydroxyl groups excluding tert-OH is 2. The van der Waals surface area contributed by atoms with Crippen LogP contribution in [0.15, 0.2) is 0 Å². The minimum atomic E-state index is -3.59. The summed E-state index contributed by atoms with van der Waals surface area (Å²) in [5.41, 5.74) is 5.30. The fourth-order valence-corrected chi connectivity index (χ4v) is 2.99. The Balaban J connectivity index is 2.64. The second-order valence-corrected chi connectivity index (χ2v) is 5.96. The van der Waals surface area contributed by atoms with E-state index >= 15 is 0 Å². The van der Waals surface area contributed by atoms with E-state index in [0.717, 1.165) is 4.31 Å². The topological polar surface area (TPSA) is 107 Å². The first-order valence-electron chi connectivity index (χ1n) is 5.17. The van der Waals surface area contributed by atoms with E-state index in [1.54, 1.807) is 0 Å². The largest absolute Gasteiger partial charge is 0.389 e. The lowest BCUT2D eigenvalue weighted by Gasteiger charge is -2.23. The van der Waals surface area contributed by atoms with Gasteiger partial charge in [0.2, 0.25) is 0 Å². The van der Waals surface area contributed by atoms with Crippen LogP contribution in [0, 0.1) is 0 Å². The Hall–Kier alpha value is -0.250. The summed E-state index contributed by atoms with van der Waals surface area (Å²) in [7, 11) is -2.13. The first-order chi connectivity index (χ1) is 7.39. The first-order valence-corrected chi connectivity index (χ1v) is 6.57. The van der Waals surface area contributed by atoms with Crippen molar-refractivity contribution in [1.82, 2.24) is 8.61 Å². The van der Waals surface area contributed by atoms with Crippen molar-refractivity contribution < 1.29 is 18.6 Å². The van der Waals surface area contributed by atoms with Gasteiger partial charge in [0.25, 0.3) is 10.2 Å². The predicted octanol–water partition coefficient (Wildman–Crippen LogP) is -2.45. The van der Waals surface area contributed by atoms with Gasteiger partial charge in [0, 0.05) is 26.7 Å². The van der Waals surface area contributed by atoms with E-state index in [2.05, 4.69) is 0 Å². The van der Waals surface area contributed by atoms with Crippen LogP contribution in [0.4, 0.5) is 0 Å². The van der Waals surface area contributed by atoms with E-state index in [4.69, 9.17) is 5.73 Å². The molecule has 4 N–H and O–H groups in total. The van der Waals surface area contributed by atoms with Crippen molar-refractivity contribution in [1.29, 1.82) is 0 Å². The molecule has 0 bridgehead atoms. The van der Waals surface area contributed by atoms with Crippen LogP contribution in [0.1, 0.15) is 6.42 Å². The fraction of sp³-hybridized carbons (Fsp3) is 1.00. The van der Waals surface area contributed by atoms with Crippen LogP contribution < -0.4 is 5.73 Å². The second-order valence-electron chi connectivity index (χ2n) is 3.92. The molecule has 0 radical (unpaired) electrons. The first kappa shape index (κ1) is 13.8. The smallest absolute Gasteiger partial charge is 0.281 e. The molecule has 0 spiro atoms. The van der Waals surface area contributed by atoms with Gasteiger partial charge in [-0.25, -0.2) is 0 Å². The highest BCUT2D eigenvalue weighted by molar-refractivity contribution is 7.86. The lowest BCUT2D eigenvalue weighted by atomic mass is 10.3. The molecule has 96 valence electrons. The molecule has 1 rings (SSSR count). The molecule has 2 unspecified atom stereocenters. The summed E-state index contributed by atoms with van der Waals surface area (Å²) in [5.74, 6) is 0. The SMILES string of the molecule is CN(CCCN)S(=O)(=O)N1CC(O)C(O)C1. The summed E-state index contributed by atoms with van der Waals surface area (Å²) < 4.78 is 26.1. The summed E-state index contributed by atoms with van der Waals surface area (Å²) in [6.45, 7) is 0.638. The van der Waals surface area contributed by atoms with Crippen LogP contribution in [0.25, 0.3) is 0 Å². The number of hydrogen-bond donors (Lipinski definition) is 3. The van der Waals surface area contributed by atoms with Crippen molar-refractivity contribution in [3.05, 3.63) is 0 Å². The Labute approximate surface area is 95.6 Å². The van der Waals surface area contributed by atoms with E-state index in [-0.39, 0.29) is 13.1 Å². The van der Waals surface area contributed by atoms with Crippen LogP contribution in [-0.2, 0) is 10.2 Å². The Morgan fingerprint density at radius 1 is 1.38 bits per heavy atom. The van der Waals surface area contributed by atoms with Crippen molar-refractivity contribution in [2.45, 2.75) is 18.6 Å². The summed E-state index contributed by atoms with van der Waals surface area (Å²) in [6.07, 6.45) is -1.43. The molecule has 0 aromatic carbocycles. The van der Waals surface area contributed by atoms with Crippen LogP contribution >= 0.6 is 0 Å².